The van der Waals surface area contributed by atoms with Gasteiger partial charge in [-0.15, -0.1) is 0 Å². The molecule has 0 spiro atoms. The zero-order valence-electron chi connectivity index (χ0n) is 48.1. The van der Waals surface area contributed by atoms with E-state index in [1.807, 2.05) is 33.3 Å². The minimum atomic E-state index is -4.70. The Morgan fingerprint density at radius 2 is 0.877 bits per heavy atom. The van der Waals surface area contributed by atoms with Crippen molar-refractivity contribution in [2.45, 2.75) is 264 Å². The lowest BCUT2D eigenvalue weighted by Crippen LogP contribution is -2.47. The Bertz CT molecular complexity index is 1530. The van der Waals surface area contributed by atoms with Gasteiger partial charge in [-0.2, -0.15) is 0 Å². The molecular weight excluding hydrogens is 928 g/mol. The van der Waals surface area contributed by atoms with E-state index in [2.05, 4.69) is 99.0 Å². The van der Waals surface area contributed by atoms with Gasteiger partial charge in [0.25, 0.3) is 7.82 Å². The fraction of sp³-hybridized carbons (Fsp3) is 0.746. The molecule has 0 radical (unpaired) electrons. The van der Waals surface area contributed by atoms with E-state index in [0.29, 0.717) is 23.9 Å². The third-order valence-electron chi connectivity index (χ3n) is 12.8. The second-order valence-electron chi connectivity index (χ2n) is 21.1. The number of nitrogens with zero attached hydrogens (tertiary/aromatic N) is 1. The minimum absolute atomic E-state index is 0.0271. The van der Waals surface area contributed by atoms with Crippen LogP contribution in [0.25, 0.3) is 0 Å². The van der Waals surface area contributed by atoms with Crippen LogP contribution < -0.4 is 10.2 Å². The number of esters is 1. The highest BCUT2D eigenvalue weighted by molar-refractivity contribution is 7.45. The second kappa shape index (κ2) is 52.6. The summed E-state index contributed by atoms with van der Waals surface area (Å²) in [4.78, 5) is 39.8. The molecule has 0 aliphatic rings. The average molecular weight is 1040 g/mol. The molecule has 9 nitrogen and oxygen atoms in total. The molecule has 1 N–H and O–H groups in total. The molecule has 3 unspecified atom stereocenters. The topological polar surface area (TPSA) is 114 Å². The maximum Gasteiger partial charge on any atom is 0.306 e. The SMILES string of the molecule is CC/C=C\C/C=C\C/C=C\C/C=C\C/C=C\C/C=C\CCCCCCCCC(=O)OC(/C=C\CCCCCCCCCCC)C(COP(=O)([O-])OCC[N+](C)(C)C)NC(=O)CCCCCCCCCCCCC. The molecule has 0 rings (SSSR count). The highest BCUT2D eigenvalue weighted by Crippen LogP contribution is 2.38. The Labute approximate surface area is 450 Å². The Kier molecular flexibility index (Phi) is 50.6. The first kappa shape index (κ1) is 70.2. The number of carbonyl (C=O) groups is 2. The Hall–Kier alpha value is -2.81. The van der Waals surface area contributed by atoms with Crippen LogP contribution in [0.3, 0.4) is 0 Å². The van der Waals surface area contributed by atoms with Crippen LogP contribution in [0.15, 0.2) is 85.1 Å². The van der Waals surface area contributed by atoms with Crippen LogP contribution in [-0.2, 0) is 27.9 Å². The van der Waals surface area contributed by atoms with Crippen molar-refractivity contribution in [3.05, 3.63) is 85.1 Å². The van der Waals surface area contributed by atoms with Crippen molar-refractivity contribution in [1.82, 2.24) is 5.32 Å². The Morgan fingerprint density at radius 3 is 1.32 bits per heavy atom. The van der Waals surface area contributed by atoms with Crippen LogP contribution in [0, 0.1) is 0 Å². The summed E-state index contributed by atoms with van der Waals surface area (Å²) in [5, 5.41) is 3.01. The summed E-state index contributed by atoms with van der Waals surface area (Å²) >= 11 is 0. The van der Waals surface area contributed by atoms with Crippen LogP contribution in [0.4, 0.5) is 0 Å². The van der Waals surface area contributed by atoms with Gasteiger partial charge in [0, 0.05) is 12.8 Å². The van der Waals surface area contributed by atoms with Gasteiger partial charge in [-0.3, -0.25) is 14.2 Å². The van der Waals surface area contributed by atoms with E-state index < -0.39 is 26.6 Å². The number of phosphoric acid groups is 1. The van der Waals surface area contributed by atoms with E-state index in [9.17, 15) is 19.0 Å². The van der Waals surface area contributed by atoms with Gasteiger partial charge in [-0.1, -0.05) is 241 Å². The van der Waals surface area contributed by atoms with E-state index in [-0.39, 0.29) is 24.9 Å². The third-order valence-corrected chi connectivity index (χ3v) is 13.8. The van der Waals surface area contributed by atoms with Gasteiger partial charge in [0.2, 0.25) is 5.91 Å². The molecule has 0 aromatic heterocycles. The number of phosphoric ester groups is 1. The largest absolute Gasteiger partial charge is 0.756 e. The smallest absolute Gasteiger partial charge is 0.306 e. The molecule has 10 heteroatoms. The lowest BCUT2D eigenvalue weighted by Gasteiger charge is -2.30. The van der Waals surface area contributed by atoms with Gasteiger partial charge in [0.05, 0.1) is 33.8 Å². The summed E-state index contributed by atoms with van der Waals surface area (Å²) in [6.07, 6.45) is 68.4. The first-order valence-electron chi connectivity index (χ1n) is 29.9. The fourth-order valence-electron chi connectivity index (χ4n) is 8.23. The van der Waals surface area contributed by atoms with Crippen molar-refractivity contribution in [2.75, 3.05) is 40.9 Å². The van der Waals surface area contributed by atoms with Crippen molar-refractivity contribution in [2.24, 2.45) is 0 Å². The summed E-state index contributed by atoms with van der Waals surface area (Å²) < 4.78 is 30.2. The number of amides is 1. The molecule has 0 aromatic rings. The van der Waals surface area contributed by atoms with E-state index in [4.69, 9.17) is 13.8 Å². The average Bonchev–Trinajstić information content (AvgIpc) is 3.35. The van der Waals surface area contributed by atoms with Gasteiger partial charge in [0.15, 0.2) is 0 Å². The Balaban J connectivity index is 5.16. The minimum Gasteiger partial charge on any atom is -0.756 e. The molecule has 0 saturated carbocycles. The summed E-state index contributed by atoms with van der Waals surface area (Å²) in [6, 6.07) is -0.894. The summed E-state index contributed by atoms with van der Waals surface area (Å²) in [5.74, 6) is -0.560. The number of hydrogen-bond donors (Lipinski definition) is 1. The molecule has 0 fully saturated rings. The quantitative estimate of drug-likeness (QED) is 0.0212. The number of nitrogens with one attached hydrogen (secondary N) is 1. The lowest BCUT2D eigenvalue weighted by atomic mass is 10.0. The van der Waals surface area contributed by atoms with Crippen molar-refractivity contribution < 1.29 is 37.3 Å². The number of carbonyl (C=O) groups excluding carboxylic acids is 2. The zero-order valence-corrected chi connectivity index (χ0v) is 49.0. The van der Waals surface area contributed by atoms with E-state index in [1.54, 1.807) is 0 Å². The summed E-state index contributed by atoms with van der Waals surface area (Å²) in [6.45, 7) is 6.70. The van der Waals surface area contributed by atoms with Crippen molar-refractivity contribution in [1.29, 1.82) is 0 Å². The van der Waals surface area contributed by atoms with Gasteiger partial charge < -0.3 is 28.5 Å². The third kappa shape index (κ3) is 53.8. The summed E-state index contributed by atoms with van der Waals surface area (Å²) in [7, 11) is 1.17. The highest BCUT2D eigenvalue weighted by Gasteiger charge is 2.27. The normalized spacial score (nSPS) is 14.3. The van der Waals surface area contributed by atoms with Crippen LogP contribution in [0.1, 0.15) is 252 Å². The van der Waals surface area contributed by atoms with Crippen LogP contribution in [0.5, 0.6) is 0 Å². The number of rotatable bonds is 53. The van der Waals surface area contributed by atoms with E-state index >= 15 is 0 Å². The molecule has 0 heterocycles. The van der Waals surface area contributed by atoms with Gasteiger partial charge in [0.1, 0.15) is 19.3 Å². The molecule has 0 aliphatic heterocycles. The van der Waals surface area contributed by atoms with E-state index in [1.165, 1.54) is 96.3 Å². The predicted octanol–water partition coefficient (Wildman–Crippen LogP) is 17.6. The zero-order chi connectivity index (χ0) is 53.6. The van der Waals surface area contributed by atoms with Gasteiger partial charge >= 0.3 is 5.97 Å². The first-order chi connectivity index (χ1) is 35.4. The molecule has 1 amide bonds. The molecule has 422 valence electrons. The maximum absolute atomic E-state index is 13.4. The van der Waals surface area contributed by atoms with Crippen LogP contribution >= 0.6 is 7.82 Å². The van der Waals surface area contributed by atoms with Crippen LogP contribution in [0.2, 0.25) is 0 Å². The van der Waals surface area contributed by atoms with Crippen molar-refractivity contribution >= 4 is 19.7 Å². The monoisotopic (exact) mass is 1040 g/mol. The molecule has 3 atom stereocenters. The second-order valence-corrected chi connectivity index (χ2v) is 22.5. The standard InChI is InChI=1S/C63H113N2O7P/c1-7-10-13-16-19-22-25-26-27-28-29-30-31-32-33-34-35-36-37-38-41-44-47-50-53-56-63(67)72-61(54-51-48-45-42-39-23-20-17-14-11-8-2)60(59-71-73(68,69)70-58-57-65(4,5)6)64-62(66)55-52-49-46-43-40-24-21-18-15-12-9-3/h10,13,19,22,26-27,29-30,32-33,35-36,51,54,60-61H,7-9,11-12,14-18,20-21,23-25,28,31,34,37-50,52-53,55-59H2,1-6H3,(H-,64,66,68,69)/b13-10-,22-19-,27-26-,30-29-,33-32-,36-35-,54-51-. The number of hydrogen-bond acceptors (Lipinski definition) is 7. The fourth-order valence-corrected chi connectivity index (χ4v) is 8.95. The van der Waals surface area contributed by atoms with Crippen molar-refractivity contribution in [3.63, 3.8) is 0 Å². The van der Waals surface area contributed by atoms with Crippen LogP contribution in [-0.4, -0.2) is 69.4 Å². The first-order valence-corrected chi connectivity index (χ1v) is 31.4. The molecule has 0 aliphatic carbocycles. The number of likely N-dealkylation sites (N-methyl/N-ethyl adjacent to an activating group) is 1. The molecule has 73 heavy (non-hydrogen) atoms. The molecule has 0 bridgehead atoms. The highest BCUT2D eigenvalue weighted by atomic mass is 31.2. The number of quaternary nitrogens is 1. The van der Waals surface area contributed by atoms with Gasteiger partial charge in [-0.25, -0.2) is 0 Å². The number of allylic oxidation sites excluding steroid dienone is 13. The molecule has 0 aromatic carbocycles. The lowest BCUT2D eigenvalue weighted by molar-refractivity contribution is -0.870. The molecular formula is C63H113N2O7P. The van der Waals surface area contributed by atoms with Crippen molar-refractivity contribution in [3.8, 4) is 0 Å². The number of unbranched alkanes of at least 4 members (excludes halogenated alkanes) is 25. The summed E-state index contributed by atoms with van der Waals surface area (Å²) in [5.41, 5.74) is 0. The maximum atomic E-state index is 13.4. The Morgan fingerprint density at radius 1 is 0.493 bits per heavy atom. The predicted molar refractivity (Wildman–Crippen MR) is 311 cm³/mol. The van der Waals surface area contributed by atoms with Gasteiger partial charge in [-0.05, 0) is 83.1 Å². The molecule has 0 saturated heterocycles. The number of ether oxygens (including phenoxy) is 1. The van der Waals surface area contributed by atoms with E-state index in [0.717, 1.165) is 116 Å².